The summed E-state index contributed by atoms with van der Waals surface area (Å²) in [6, 6.07) is 16.9. The zero-order valence-electron chi connectivity index (χ0n) is 20.8. The first-order chi connectivity index (χ1) is 18.9. The van der Waals surface area contributed by atoms with Gasteiger partial charge >= 0.3 is 0 Å². The highest BCUT2D eigenvalue weighted by molar-refractivity contribution is 7.89. The van der Waals surface area contributed by atoms with Crippen LogP contribution in [0.2, 0.25) is 10.0 Å². The number of aromatic nitrogens is 1. The molecular weight excluding hydrogens is 582 g/mol. The molecule has 3 aromatic carbocycles. The van der Waals surface area contributed by atoms with Crippen LogP contribution in [0.15, 0.2) is 82.5 Å². The molecule has 0 bridgehead atoms. The molecule has 4 aromatic rings. The van der Waals surface area contributed by atoms with E-state index in [0.717, 1.165) is 22.0 Å². The molecule has 12 heteroatoms. The number of hydrogen-bond acceptors (Lipinski definition) is 6. The number of benzene rings is 3. The minimum Gasteiger partial charge on any atom is -0.505 e. The van der Waals surface area contributed by atoms with Gasteiger partial charge in [-0.25, -0.2) is 12.8 Å². The molecule has 208 valence electrons. The van der Waals surface area contributed by atoms with Gasteiger partial charge in [-0.05, 0) is 47.4 Å². The minimum atomic E-state index is -4.36. The number of nitrogens with one attached hydrogen (secondary N) is 1. The molecule has 1 aromatic heterocycles. The van der Waals surface area contributed by atoms with Crippen LogP contribution in [-0.4, -0.2) is 33.7 Å². The topological polar surface area (TPSA) is 128 Å². The largest absolute Gasteiger partial charge is 0.505 e. The van der Waals surface area contributed by atoms with Crippen molar-refractivity contribution in [3.63, 3.8) is 0 Å². The van der Waals surface area contributed by atoms with Crippen LogP contribution in [0.25, 0.3) is 0 Å². The number of rotatable bonds is 10. The van der Waals surface area contributed by atoms with E-state index in [4.69, 9.17) is 23.2 Å². The van der Waals surface area contributed by atoms with Gasteiger partial charge in [-0.1, -0.05) is 59.6 Å². The minimum absolute atomic E-state index is 0.0171. The Bertz CT molecular complexity index is 1730. The summed E-state index contributed by atoms with van der Waals surface area (Å²) in [5.74, 6) is -1.88. The highest BCUT2D eigenvalue weighted by atomic mass is 35.5. The summed E-state index contributed by atoms with van der Waals surface area (Å²) >= 11 is 12.0. The first-order valence-electron chi connectivity index (χ1n) is 11.9. The van der Waals surface area contributed by atoms with Gasteiger partial charge in [-0.3, -0.25) is 14.6 Å². The van der Waals surface area contributed by atoms with E-state index in [-0.39, 0.29) is 47.3 Å². The molecular formula is C28H23Cl2FN2O6S. The number of halogens is 3. The van der Waals surface area contributed by atoms with Crippen LogP contribution >= 0.6 is 23.2 Å². The number of pyridine rings is 1. The van der Waals surface area contributed by atoms with E-state index in [9.17, 15) is 32.6 Å². The smallest absolute Gasteiger partial charge is 0.251 e. The average Bonchev–Trinajstić information content (AvgIpc) is 2.89. The van der Waals surface area contributed by atoms with Crippen molar-refractivity contribution in [2.24, 2.45) is 0 Å². The zero-order chi connectivity index (χ0) is 29.0. The summed E-state index contributed by atoms with van der Waals surface area (Å²) in [6.07, 6.45) is 0.328. The number of aryl methyl sites for hydroxylation is 1. The molecule has 3 N–H and O–H groups in total. The van der Waals surface area contributed by atoms with Crippen molar-refractivity contribution in [3.8, 4) is 11.6 Å². The number of sulfonamides is 1. The Kier molecular flexibility index (Phi) is 8.95. The standard InChI is InChI=1S/C28H23Cl2FN2O6S/c29-21-13-23(30)28(37)25(14-21)40(38,39)33(15-18-4-7-22(31)8-5-18)16-19-3-1-2-17(10-19)6-9-24(34)20-11-26(35)32-27(36)12-20/h1-5,7-8,10-14,37H,6,9,15-16H2,(H2,32,35,36). The highest BCUT2D eigenvalue weighted by Crippen LogP contribution is 2.36. The van der Waals surface area contributed by atoms with Gasteiger partial charge in [0.05, 0.1) is 5.02 Å². The predicted octanol–water partition coefficient (Wildman–Crippen LogP) is 5.44. The molecule has 0 radical (unpaired) electrons. The maximum atomic E-state index is 13.7. The van der Waals surface area contributed by atoms with Crippen molar-refractivity contribution >= 4 is 39.0 Å². The third-order valence-electron chi connectivity index (χ3n) is 6.03. The number of Topliss-reactive ketones (excluding diaryl/α,β-unsaturated/α-hetero) is 1. The molecule has 4 rings (SSSR count). The maximum absolute atomic E-state index is 13.7. The molecule has 0 amide bonds. The molecule has 0 atom stereocenters. The highest BCUT2D eigenvalue weighted by Gasteiger charge is 2.29. The van der Waals surface area contributed by atoms with Crippen molar-refractivity contribution in [3.05, 3.63) is 121 Å². The van der Waals surface area contributed by atoms with Crippen LogP contribution in [0.4, 0.5) is 4.39 Å². The van der Waals surface area contributed by atoms with Gasteiger partial charge in [0, 0.05) is 42.2 Å². The number of phenolic OH excluding ortho intramolecular Hbond substituents is 1. The number of ketones is 1. The van der Waals surface area contributed by atoms with Crippen molar-refractivity contribution in [2.45, 2.75) is 30.8 Å². The van der Waals surface area contributed by atoms with Gasteiger partial charge in [0.15, 0.2) is 17.4 Å². The molecule has 0 aliphatic rings. The Labute approximate surface area is 239 Å². The van der Waals surface area contributed by atoms with E-state index in [1.165, 1.54) is 36.4 Å². The molecule has 0 spiro atoms. The van der Waals surface area contributed by atoms with Crippen molar-refractivity contribution in [1.82, 2.24) is 9.29 Å². The second kappa shape index (κ2) is 12.2. The molecule has 0 saturated heterocycles. The number of aromatic amines is 1. The quantitative estimate of drug-likeness (QED) is 0.207. The van der Waals surface area contributed by atoms with Gasteiger partial charge in [0.2, 0.25) is 10.0 Å². The SMILES string of the molecule is O=C(CCc1cccc(CN(Cc2ccc(F)cc2)S(=O)(=O)c2cc(Cl)cc(Cl)c2O)c1)c1cc(O)[nH]c(=O)c1. The Morgan fingerprint density at radius 3 is 2.27 bits per heavy atom. The third kappa shape index (κ3) is 7.08. The van der Waals surface area contributed by atoms with E-state index in [1.54, 1.807) is 24.3 Å². The zero-order valence-corrected chi connectivity index (χ0v) is 23.1. The Hall–Kier alpha value is -3.70. The Morgan fingerprint density at radius 1 is 0.900 bits per heavy atom. The molecule has 8 nitrogen and oxygen atoms in total. The lowest BCUT2D eigenvalue weighted by atomic mass is 10.0. The van der Waals surface area contributed by atoms with Crippen molar-refractivity contribution < 1.29 is 27.8 Å². The van der Waals surface area contributed by atoms with E-state index >= 15 is 0 Å². The fourth-order valence-corrected chi connectivity index (χ4v) is 6.24. The molecule has 0 fully saturated rings. The molecule has 1 heterocycles. The van der Waals surface area contributed by atoms with E-state index in [2.05, 4.69) is 4.98 Å². The number of aromatic hydroxyl groups is 2. The Morgan fingerprint density at radius 2 is 1.57 bits per heavy atom. The molecule has 0 aliphatic heterocycles. The van der Waals surface area contributed by atoms with E-state index in [1.807, 2.05) is 0 Å². The number of hydrogen-bond donors (Lipinski definition) is 3. The predicted molar refractivity (Wildman–Crippen MR) is 149 cm³/mol. The maximum Gasteiger partial charge on any atom is 0.251 e. The molecule has 0 unspecified atom stereocenters. The van der Waals surface area contributed by atoms with Gasteiger partial charge < -0.3 is 10.2 Å². The van der Waals surface area contributed by atoms with Crippen LogP contribution in [0.5, 0.6) is 11.6 Å². The number of phenols is 1. The first-order valence-corrected chi connectivity index (χ1v) is 14.1. The van der Waals surface area contributed by atoms with E-state index in [0.29, 0.717) is 11.1 Å². The number of H-pyrrole nitrogens is 1. The molecule has 40 heavy (non-hydrogen) atoms. The summed E-state index contributed by atoms with van der Waals surface area (Å²) in [5.41, 5.74) is 1.29. The first kappa shape index (κ1) is 29.3. The van der Waals surface area contributed by atoms with Crippen LogP contribution in [0, 0.1) is 5.82 Å². The third-order valence-corrected chi connectivity index (χ3v) is 8.34. The second-order valence-electron chi connectivity index (χ2n) is 9.00. The Balaban J connectivity index is 1.61. The fourth-order valence-electron chi connectivity index (χ4n) is 4.08. The van der Waals surface area contributed by atoms with Gasteiger partial charge in [0.1, 0.15) is 10.7 Å². The fraction of sp³-hybridized carbons (Fsp3) is 0.143. The summed E-state index contributed by atoms with van der Waals surface area (Å²) in [6.45, 7) is -0.284. The van der Waals surface area contributed by atoms with Crippen LogP contribution in [0.1, 0.15) is 33.5 Å². The number of nitrogens with zero attached hydrogens (tertiary/aromatic N) is 1. The monoisotopic (exact) mass is 604 g/mol. The van der Waals surface area contributed by atoms with Crippen LogP contribution in [0.3, 0.4) is 0 Å². The number of carbonyl (C=O) groups is 1. The lowest BCUT2D eigenvalue weighted by Gasteiger charge is -2.24. The normalized spacial score (nSPS) is 11.6. The molecule has 0 saturated carbocycles. The summed E-state index contributed by atoms with van der Waals surface area (Å²) in [4.78, 5) is 25.8. The van der Waals surface area contributed by atoms with Crippen molar-refractivity contribution in [1.29, 1.82) is 0 Å². The lowest BCUT2D eigenvalue weighted by Crippen LogP contribution is -2.30. The summed E-state index contributed by atoms with van der Waals surface area (Å²) in [5, 5.41) is 19.8. The summed E-state index contributed by atoms with van der Waals surface area (Å²) < 4.78 is 42.0. The van der Waals surface area contributed by atoms with Gasteiger partial charge in [0.25, 0.3) is 5.56 Å². The number of carbonyl (C=O) groups excluding carboxylic acids is 1. The van der Waals surface area contributed by atoms with Crippen molar-refractivity contribution in [2.75, 3.05) is 0 Å². The second-order valence-corrected chi connectivity index (χ2v) is 11.7. The van der Waals surface area contributed by atoms with Gasteiger partial charge in [-0.2, -0.15) is 4.31 Å². The van der Waals surface area contributed by atoms with Crippen LogP contribution in [-0.2, 0) is 29.5 Å². The van der Waals surface area contributed by atoms with Gasteiger partial charge in [-0.15, -0.1) is 0 Å². The average molecular weight is 605 g/mol. The lowest BCUT2D eigenvalue weighted by molar-refractivity contribution is 0.0982. The molecule has 0 aliphatic carbocycles. The van der Waals surface area contributed by atoms with Crippen LogP contribution < -0.4 is 5.56 Å². The summed E-state index contributed by atoms with van der Waals surface area (Å²) in [7, 11) is -4.36. The van der Waals surface area contributed by atoms with E-state index < -0.39 is 37.9 Å².